The number of nitrogens with one attached hydrogen (secondary N) is 1. The molecule has 4 bridgehead atoms. The zero-order valence-electron chi connectivity index (χ0n) is 15.0. The van der Waals surface area contributed by atoms with Crippen molar-refractivity contribution >= 4 is 17.7 Å². The summed E-state index contributed by atoms with van der Waals surface area (Å²) < 4.78 is 5.46. The van der Waals surface area contributed by atoms with Gasteiger partial charge >= 0.3 is 0 Å². The largest absolute Gasteiger partial charge is 0.350 e. The maximum absolute atomic E-state index is 13.1. The highest BCUT2D eigenvalue weighted by Crippen LogP contribution is 2.55. The van der Waals surface area contributed by atoms with Gasteiger partial charge in [-0.3, -0.25) is 4.79 Å². The van der Waals surface area contributed by atoms with E-state index in [1.165, 1.54) is 19.3 Å². The number of hydrogen-bond acceptors (Lipinski definition) is 4. The van der Waals surface area contributed by atoms with E-state index in [0.717, 1.165) is 52.5 Å². The van der Waals surface area contributed by atoms with Gasteiger partial charge in [0.25, 0.3) is 5.91 Å². The van der Waals surface area contributed by atoms with Crippen LogP contribution in [-0.2, 0) is 0 Å². The fourth-order valence-corrected chi connectivity index (χ4v) is 6.73. The number of aryl methyl sites for hydroxylation is 1. The summed E-state index contributed by atoms with van der Waals surface area (Å²) in [7, 11) is 0. The number of rotatable bonds is 4. The van der Waals surface area contributed by atoms with Crippen molar-refractivity contribution in [2.75, 3.05) is 0 Å². The topological polar surface area (TPSA) is 55.1 Å². The molecule has 4 aliphatic rings. The molecule has 4 aliphatic carbocycles. The number of benzene rings is 1. The van der Waals surface area contributed by atoms with Crippen LogP contribution in [0.1, 0.15) is 54.8 Å². The molecule has 1 heterocycles. The highest BCUT2D eigenvalue weighted by Gasteiger charge is 2.51. The van der Waals surface area contributed by atoms with Crippen LogP contribution in [0, 0.1) is 24.7 Å². The Labute approximate surface area is 158 Å². The molecule has 0 radical (unpaired) electrons. The van der Waals surface area contributed by atoms with Gasteiger partial charge in [-0.25, -0.2) is 0 Å². The van der Waals surface area contributed by atoms with E-state index in [0.29, 0.717) is 5.76 Å². The number of aromatic nitrogens is 1. The predicted octanol–water partition coefficient (Wildman–Crippen LogP) is 4.83. The van der Waals surface area contributed by atoms with Crippen LogP contribution in [0.25, 0.3) is 0 Å². The number of nitrogens with zero attached hydrogens (tertiary/aromatic N) is 1. The first-order chi connectivity index (χ1) is 12.6. The molecule has 4 fully saturated rings. The minimum absolute atomic E-state index is 0.0127. The third-order valence-corrected chi connectivity index (χ3v) is 7.59. The van der Waals surface area contributed by atoms with Gasteiger partial charge in [0.2, 0.25) is 5.76 Å². The van der Waals surface area contributed by atoms with Gasteiger partial charge in [-0.05, 0) is 75.3 Å². The molecule has 0 saturated heterocycles. The first kappa shape index (κ1) is 16.4. The summed E-state index contributed by atoms with van der Waals surface area (Å²) in [5.41, 5.74) is 0.760. The lowest BCUT2D eigenvalue weighted by atomic mass is 9.53. The van der Waals surface area contributed by atoms with Crippen molar-refractivity contribution < 1.29 is 9.32 Å². The van der Waals surface area contributed by atoms with Crippen LogP contribution in [0.5, 0.6) is 0 Å². The Morgan fingerprint density at radius 3 is 2.35 bits per heavy atom. The number of carbonyl (C=O) groups is 1. The molecule has 5 heteroatoms. The predicted molar refractivity (Wildman–Crippen MR) is 100 cm³/mol. The first-order valence-electron chi connectivity index (χ1n) is 9.62. The molecular formula is C21H24N2O2S. The van der Waals surface area contributed by atoms with Gasteiger partial charge in [-0.15, -0.1) is 0 Å². The second-order valence-electron chi connectivity index (χ2n) is 8.49. The van der Waals surface area contributed by atoms with Crippen LogP contribution in [0.2, 0.25) is 0 Å². The summed E-state index contributed by atoms with van der Waals surface area (Å²) >= 11 is 1.55. The minimum atomic E-state index is -0.0917. The van der Waals surface area contributed by atoms with E-state index in [2.05, 4.69) is 10.5 Å². The molecule has 1 aromatic heterocycles. The Balaban J connectivity index is 1.38. The van der Waals surface area contributed by atoms with Crippen molar-refractivity contribution in [3.05, 3.63) is 41.8 Å². The second kappa shape index (κ2) is 6.15. The third-order valence-electron chi connectivity index (χ3n) is 6.39. The lowest BCUT2D eigenvalue weighted by Gasteiger charge is -2.56. The fraction of sp³-hybridized carbons (Fsp3) is 0.524. The molecule has 0 unspecified atom stereocenters. The molecule has 1 amide bonds. The second-order valence-corrected chi connectivity index (χ2v) is 9.58. The Kier molecular flexibility index (Phi) is 3.89. The number of amides is 1. The molecular weight excluding hydrogens is 344 g/mol. The Morgan fingerprint density at radius 1 is 1.12 bits per heavy atom. The van der Waals surface area contributed by atoms with Gasteiger partial charge in [0.05, 0.1) is 10.6 Å². The molecule has 4 nitrogen and oxygen atoms in total. The van der Waals surface area contributed by atoms with Crippen molar-refractivity contribution in [3.8, 4) is 0 Å². The van der Waals surface area contributed by atoms with E-state index in [1.54, 1.807) is 11.8 Å². The summed E-state index contributed by atoms with van der Waals surface area (Å²) in [6.07, 6.45) is 7.51. The Bertz CT molecular complexity index is 795. The smallest absolute Gasteiger partial charge is 0.291 e. The molecule has 136 valence electrons. The molecule has 4 saturated carbocycles. The highest BCUT2D eigenvalue weighted by molar-refractivity contribution is 7.99. The molecule has 0 spiro atoms. The van der Waals surface area contributed by atoms with E-state index in [9.17, 15) is 4.79 Å². The maximum Gasteiger partial charge on any atom is 0.291 e. The maximum atomic E-state index is 13.1. The van der Waals surface area contributed by atoms with Crippen LogP contribution in [0.15, 0.2) is 44.6 Å². The van der Waals surface area contributed by atoms with Gasteiger partial charge in [0.1, 0.15) is 0 Å². The number of carbonyl (C=O) groups excluding carboxylic acids is 1. The molecule has 1 aromatic carbocycles. The van der Waals surface area contributed by atoms with Gasteiger partial charge in [-0.2, -0.15) is 0 Å². The lowest BCUT2D eigenvalue weighted by molar-refractivity contribution is -0.0173. The molecule has 1 N–H and O–H groups in total. The van der Waals surface area contributed by atoms with E-state index in [1.807, 2.05) is 37.3 Å². The quantitative estimate of drug-likeness (QED) is 0.839. The fourth-order valence-electron chi connectivity index (χ4n) is 5.79. The van der Waals surface area contributed by atoms with Crippen LogP contribution in [0.4, 0.5) is 0 Å². The van der Waals surface area contributed by atoms with E-state index >= 15 is 0 Å². The Morgan fingerprint density at radius 2 is 1.73 bits per heavy atom. The average molecular weight is 369 g/mol. The first-order valence-corrected chi connectivity index (χ1v) is 10.4. The summed E-state index contributed by atoms with van der Waals surface area (Å²) in [5.74, 6) is 2.68. The van der Waals surface area contributed by atoms with Crippen molar-refractivity contribution in [1.29, 1.82) is 0 Å². The number of hydrogen-bond donors (Lipinski definition) is 1. The van der Waals surface area contributed by atoms with Crippen LogP contribution < -0.4 is 5.32 Å². The SMILES string of the molecule is Cc1noc(C(=O)NC23CC4CC(CC(C4)C2)C3)c1Sc1ccccc1. The monoisotopic (exact) mass is 368 g/mol. The molecule has 2 aromatic rings. The van der Waals surface area contributed by atoms with Gasteiger partial charge in [0.15, 0.2) is 0 Å². The van der Waals surface area contributed by atoms with E-state index in [4.69, 9.17) is 4.52 Å². The average Bonchev–Trinajstić information content (AvgIpc) is 2.95. The summed E-state index contributed by atoms with van der Waals surface area (Å²) in [5, 5.41) is 7.47. The zero-order valence-corrected chi connectivity index (χ0v) is 15.8. The van der Waals surface area contributed by atoms with E-state index < -0.39 is 0 Å². The van der Waals surface area contributed by atoms with Gasteiger partial charge in [0, 0.05) is 10.4 Å². The third kappa shape index (κ3) is 2.86. The minimum Gasteiger partial charge on any atom is -0.350 e. The van der Waals surface area contributed by atoms with Crippen molar-refractivity contribution in [2.45, 2.75) is 60.8 Å². The molecule has 6 rings (SSSR count). The summed E-state index contributed by atoms with van der Waals surface area (Å²) in [6, 6.07) is 10.1. The van der Waals surface area contributed by atoms with Gasteiger partial charge in [-0.1, -0.05) is 35.1 Å². The van der Waals surface area contributed by atoms with Crippen LogP contribution >= 0.6 is 11.8 Å². The standard InChI is InChI=1S/C21H24N2O2S/c1-13-19(26-17-5-3-2-4-6-17)18(25-23-13)20(24)22-21-10-14-7-15(11-21)9-16(8-14)12-21/h2-6,14-16H,7-12H2,1H3,(H,22,24). The molecule has 0 atom stereocenters. The van der Waals surface area contributed by atoms with Crippen molar-refractivity contribution in [2.24, 2.45) is 17.8 Å². The van der Waals surface area contributed by atoms with Crippen LogP contribution in [-0.4, -0.2) is 16.6 Å². The van der Waals surface area contributed by atoms with Crippen molar-refractivity contribution in [1.82, 2.24) is 10.5 Å². The lowest BCUT2D eigenvalue weighted by Crippen LogP contribution is -2.59. The van der Waals surface area contributed by atoms with E-state index in [-0.39, 0.29) is 11.4 Å². The van der Waals surface area contributed by atoms with Gasteiger partial charge < -0.3 is 9.84 Å². The van der Waals surface area contributed by atoms with Crippen molar-refractivity contribution in [3.63, 3.8) is 0 Å². The molecule has 26 heavy (non-hydrogen) atoms. The van der Waals surface area contributed by atoms with Crippen LogP contribution in [0.3, 0.4) is 0 Å². The summed E-state index contributed by atoms with van der Waals surface area (Å²) in [6.45, 7) is 1.90. The summed E-state index contributed by atoms with van der Waals surface area (Å²) in [4.78, 5) is 15.0. The molecule has 0 aliphatic heterocycles. The highest BCUT2D eigenvalue weighted by atomic mass is 32.2. The zero-order chi connectivity index (χ0) is 17.7. The normalized spacial score (nSPS) is 32.0. The Hall–Kier alpha value is -1.75.